The maximum Gasteiger partial charge on any atom is 0.264 e. The maximum atomic E-state index is 13.5. The second-order valence-corrected chi connectivity index (χ2v) is 9.78. The summed E-state index contributed by atoms with van der Waals surface area (Å²) in [6.07, 6.45) is -0.0304. The molecular weight excluding hydrogens is 374 g/mol. The number of fused-ring (bicyclic) bond motifs is 1. The van der Waals surface area contributed by atoms with Crippen molar-refractivity contribution in [2.75, 3.05) is 16.6 Å². The summed E-state index contributed by atoms with van der Waals surface area (Å²) in [6.45, 7) is 7.45. The van der Waals surface area contributed by atoms with E-state index in [1.54, 1.807) is 43.3 Å². The summed E-state index contributed by atoms with van der Waals surface area (Å²) in [5.74, 6) is 0.465. The van der Waals surface area contributed by atoms with E-state index in [0.717, 1.165) is 5.56 Å². The van der Waals surface area contributed by atoms with Crippen LogP contribution in [0, 0.1) is 30.6 Å². The number of benzene rings is 2. The van der Waals surface area contributed by atoms with Crippen LogP contribution in [0.15, 0.2) is 41.3 Å². The van der Waals surface area contributed by atoms with Crippen molar-refractivity contribution >= 4 is 21.4 Å². The van der Waals surface area contributed by atoms with Gasteiger partial charge in [0.05, 0.1) is 28.6 Å². The van der Waals surface area contributed by atoms with Crippen molar-refractivity contribution in [3.8, 4) is 11.8 Å². The molecule has 3 rings (SSSR count). The first-order valence-electron chi connectivity index (χ1n) is 9.11. The summed E-state index contributed by atoms with van der Waals surface area (Å²) in [5, 5.41) is 9.38. The van der Waals surface area contributed by atoms with Gasteiger partial charge in [-0.15, -0.1) is 0 Å². The van der Waals surface area contributed by atoms with Gasteiger partial charge in [-0.3, -0.25) is 4.31 Å². The predicted octanol–water partition coefficient (Wildman–Crippen LogP) is 3.78. The van der Waals surface area contributed by atoms with Gasteiger partial charge in [-0.1, -0.05) is 17.7 Å². The minimum Gasteiger partial charge on any atom is -0.486 e. The number of rotatable bonds is 4. The number of nitrogens with zero attached hydrogens (tertiary/aromatic N) is 2. The Hall–Kier alpha value is -2.72. The Morgan fingerprint density at radius 1 is 1.21 bits per heavy atom. The smallest absolute Gasteiger partial charge is 0.264 e. The first-order chi connectivity index (χ1) is 13.0. The van der Waals surface area contributed by atoms with Crippen LogP contribution in [0.3, 0.4) is 0 Å². The van der Waals surface area contributed by atoms with E-state index in [0.29, 0.717) is 29.1 Å². The molecule has 148 valence electrons. The second-order valence-electron chi connectivity index (χ2n) is 7.92. The average molecular weight is 400 g/mol. The Morgan fingerprint density at radius 2 is 1.86 bits per heavy atom. The molecule has 1 heterocycles. The molecule has 0 spiro atoms. The van der Waals surface area contributed by atoms with Gasteiger partial charge < -0.3 is 10.5 Å². The van der Waals surface area contributed by atoms with E-state index in [1.807, 2.05) is 20.8 Å². The molecule has 2 aromatic carbocycles. The molecule has 2 N–H and O–H groups in total. The van der Waals surface area contributed by atoms with Gasteiger partial charge in [0.2, 0.25) is 0 Å². The topological polar surface area (TPSA) is 96.4 Å². The normalized spacial score (nSPS) is 16.8. The van der Waals surface area contributed by atoms with Crippen molar-refractivity contribution < 1.29 is 13.2 Å². The third-order valence-corrected chi connectivity index (χ3v) is 6.78. The quantitative estimate of drug-likeness (QED) is 0.789. The van der Waals surface area contributed by atoms with E-state index in [9.17, 15) is 13.7 Å². The van der Waals surface area contributed by atoms with Gasteiger partial charge in [0.1, 0.15) is 11.9 Å². The van der Waals surface area contributed by atoms with E-state index in [-0.39, 0.29) is 11.4 Å². The number of nitriles is 1. The standard InChI is InChI=1S/C21H25N3O3S/c1-14-5-7-17(8-6-14)28(25,26)24-12-16(11-21(3,4)13-22)27-19-10-9-18(23)15(2)20(19)24/h5-10,16H,11-12,23H2,1-4H3. The molecule has 1 aliphatic rings. The zero-order valence-electron chi connectivity index (χ0n) is 16.6. The number of hydrogen-bond acceptors (Lipinski definition) is 5. The average Bonchev–Trinajstić information content (AvgIpc) is 2.64. The lowest BCUT2D eigenvalue weighted by molar-refractivity contribution is 0.156. The molecule has 0 fully saturated rings. The second kappa shape index (κ2) is 7.02. The predicted molar refractivity (Wildman–Crippen MR) is 110 cm³/mol. The van der Waals surface area contributed by atoms with E-state index in [1.165, 1.54) is 4.31 Å². The lowest BCUT2D eigenvalue weighted by Crippen LogP contribution is -2.45. The highest BCUT2D eigenvalue weighted by Crippen LogP contribution is 2.43. The number of hydrogen-bond donors (Lipinski definition) is 1. The molecule has 1 aliphatic heterocycles. The third-order valence-electron chi connectivity index (χ3n) is 5.00. The van der Waals surface area contributed by atoms with Crippen LogP contribution < -0.4 is 14.8 Å². The third kappa shape index (κ3) is 3.65. The molecule has 0 bridgehead atoms. The van der Waals surface area contributed by atoms with E-state index < -0.39 is 21.5 Å². The Balaban J connectivity index is 2.11. The number of anilines is 2. The number of aryl methyl sites for hydroxylation is 1. The Kier molecular flexibility index (Phi) is 5.02. The maximum absolute atomic E-state index is 13.5. The Bertz CT molecular complexity index is 1040. The SMILES string of the molecule is Cc1ccc(S(=O)(=O)N2CC(CC(C)(C)C#N)Oc3ccc(N)c(C)c32)cc1. The van der Waals surface area contributed by atoms with Crippen molar-refractivity contribution in [2.24, 2.45) is 5.41 Å². The highest BCUT2D eigenvalue weighted by molar-refractivity contribution is 7.92. The molecule has 0 aliphatic carbocycles. The van der Waals surface area contributed by atoms with Gasteiger partial charge in [0.15, 0.2) is 0 Å². The van der Waals surface area contributed by atoms with Crippen LogP contribution >= 0.6 is 0 Å². The summed E-state index contributed by atoms with van der Waals surface area (Å²) >= 11 is 0. The minimum absolute atomic E-state index is 0.124. The summed E-state index contributed by atoms with van der Waals surface area (Å²) in [6, 6.07) is 12.4. The molecule has 0 radical (unpaired) electrons. The van der Waals surface area contributed by atoms with Crippen LogP contribution in [0.4, 0.5) is 11.4 Å². The van der Waals surface area contributed by atoms with Gasteiger partial charge in [-0.25, -0.2) is 8.42 Å². The van der Waals surface area contributed by atoms with Crippen molar-refractivity contribution in [3.05, 3.63) is 47.5 Å². The van der Waals surface area contributed by atoms with Gasteiger partial charge in [-0.05, 0) is 52.0 Å². The molecule has 1 atom stereocenters. The van der Waals surface area contributed by atoms with Crippen LogP contribution in [0.5, 0.6) is 5.75 Å². The fourth-order valence-electron chi connectivity index (χ4n) is 3.37. The van der Waals surface area contributed by atoms with Gasteiger partial charge in [0, 0.05) is 17.7 Å². The highest BCUT2D eigenvalue weighted by atomic mass is 32.2. The van der Waals surface area contributed by atoms with Gasteiger partial charge in [-0.2, -0.15) is 5.26 Å². The molecule has 2 aromatic rings. The number of nitrogen functional groups attached to an aromatic ring is 1. The van der Waals surface area contributed by atoms with Crippen molar-refractivity contribution in [3.63, 3.8) is 0 Å². The number of sulfonamides is 1. The zero-order chi connectivity index (χ0) is 20.7. The van der Waals surface area contributed by atoms with Crippen LogP contribution in [0.25, 0.3) is 0 Å². The van der Waals surface area contributed by atoms with E-state index in [2.05, 4.69) is 6.07 Å². The monoisotopic (exact) mass is 399 g/mol. The van der Waals surface area contributed by atoms with E-state index in [4.69, 9.17) is 10.5 Å². The highest BCUT2D eigenvalue weighted by Gasteiger charge is 2.38. The van der Waals surface area contributed by atoms with Gasteiger partial charge >= 0.3 is 0 Å². The van der Waals surface area contributed by atoms with E-state index >= 15 is 0 Å². The van der Waals surface area contributed by atoms with Crippen LogP contribution in [0.1, 0.15) is 31.4 Å². The van der Waals surface area contributed by atoms with Crippen LogP contribution in [0.2, 0.25) is 0 Å². The zero-order valence-corrected chi connectivity index (χ0v) is 17.4. The molecule has 28 heavy (non-hydrogen) atoms. The minimum atomic E-state index is -3.81. The van der Waals surface area contributed by atoms with Crippen LogP contribution in [-0.2, 0) is 10.0 Å². The molecule has 7 heteroatoms. The molecular formula is C21H25N3O3S. The molecule has 0 aromatic heterocycles. The summed E-state index contributed by atoms with van der Waals surface area (Å²) < 4.78 is 34.4. The summed E-state index contributed by atoms with van der Waals surface area (Å²) in [7, 11) is -3.81. The molecule has 1 unspecified atom stereocenters. The Morgan fingerprint density at radius 3 is 2.46 bits per heavy atom. The fraction of sp³-hybridized carbons (Fsp3) is 0.381. The number of nitrogens with two attached hydrogens (primary N) is 1. The summed E-state index contributed by atoms with van der Waals surface area (Å²) in [5.41, 5.74) is 8.02. The lowest BCUT2D eigenvalue weighted by Gasteiger charge is -2.38. The first-order valence-corrected chi connectivity index (χ1v) is 10.6. The van der Waals surface area contributed by atoms with Gasteiger partial charge in [0.25, 0.3) is 10.0 Å². The Labute approximate surface area is 166 Å². The number of ether oxygens (including phenoxy) is 1. The van der Waals surface area contributed by atoms with Crippen LogP contribution in [-0.4, -0.2) is 21.1 Å². The van der Waals surface area contributed by atoms with Crippen molar-refractivity contribution in [1.82, 2.24) is 0 Å². The fourth-order valence-corrected chi connectivity index (χ4v) is 4.93. The summed E-state index contributed by atoms with van der Waals surface area (Å²) in [4.78, 5) is 0.214. The lowest BCUT2D eigenvalue weighted by atomic mass is 9.88. The van der Waals surface area contributed by atoms with Crippen molar-refractivity contribution in [2.45, 2.75) is 45.1 Å². The largest absolute Gasteiger partial charge is 0.486 e. The first kappa shape index (κ1) is 20.0. The molecule has 0 amide bonds. The molecule has 0 saturated heterocycles. The van der Waals surface area contributed by atoms with Crippen molar-refractivity contribution in [1.29, 1.82) is 5.26 Å². The molecule has 6 nitrogen and oxygen atoms in total. The molecule has 0 saturated carbocycles.